The van der Waals surface area contributed by atoms with Gasteiger partial charge in [-0.15, -0.1) is 5.10 Å². The first kappa shape index (κ1) is 26.5. The van der Waals surface area contributed by atoms with Crippen LogP contribution >= 0.6 is 0 Å². The second-order valence-corrected chi connectivity index (χ2v) is 10.9. The highest BCUT2D eigenvalue weighted by Gasteiger charge is 2.41. The van der Waals surface area contributed by atoms with Crippen LogP contribution in [0.1, 0.15) is 40.8 Å². The molecule has 212 valence electrons. The fourth-order valence-corrected chi connectivity index (χ4v) is 6.40. The van der Waals surface area contributed by atoms with E-state index in [0.29, 0.717) is 12.4 Å². The Labute approximate surface area is 251 Å². The van der Waals surface area contributed by atoms with E-state index in [1.54, 1.807) is 7.11 Å². The minimum absolute atomic E-state index is 0.0865. The molecule has 5 aromatic carbocycles. The standard InChI is InChI=1S/C37H32N4O2/c1-26(27-15-7-3-8-16-27)40-25-28-23-32-34(24-33(28)38-36(40)42)41(39-35(32)43-2)37(29-17-9-4-10-18-29,30-19-11-5-12-20-30)31-21-13-6-14-22-31/h3-24,26H,25H2,1-2H3,(H,38,42). The molecule has 1 atom stereocenters. The fraction of sp³-hybridized carbons (Fsp3) is 0.135. The van der Waals surface area contributed by atoms with E-state index >= 15 is 0 Å². The summed E-state index contributed by atoms with van der Waals surface area (Å²) >= 11 is 0. The molecule has 0 spiro atoms. The summed E-state index contributed by atoms with van der Waals surface area (Å²) in [5.41, 5.74) is 6.10. The van der Waals surface area contributed by atoms with Crippen LogP contribution in [0.25, 0.3) is 10.9 Å². The molecule has 2 amide bonds. The molecule has 0 saturated carbocycles. The lowest BCUT2D eigenvalue weighted by Crippen LogP contribution is -2.40. The van der Waals surface area contributed by atoms with E-state index in [2.05, 4.69) is 108 Å². The number of urea groups is 1. The molecule has 0 fully saturated rings. The third-order valence-electron chi connectivity index (χ3n) is 8.55. The molecule has 0 saturated heterocycles. The quantitative estimate of drug-likeness (QED) is 0.200. The maximum Gasteiger partial charge on any atom is 0.322 e. The third kappa shape index (κ3) is 4.34. The largest absolute Gasteiger partial charge is 0.479 e. The molecule has 2 heterocycles. The maximum atomic E-state index is 13.5. The van der Waals surface area contributed by atoms with Gasteiger partial charge in [0.1, 0.15) is 5.54 Å². The molecule has 6 aromatic rings. The van der Waals surface area contributed by atoms with Gasteiger partial charge in [0.2, 0.25) is 5.88 Å². The van der Waals surface area contributed by atoms with Crippen LogP contribution in [-0.4, -0.2) is 27.8 Å². The monoisotopic (exact) mass is 564 g/mol. The van der Waals surface area contributed by atoms with Crippen molar-refractivity contribution in [2.24, 2.45) is 0 Å². The number of amides is 2. The number of fused-ring (bicyclic) bond motifs is 2. The number of nitrogens with zero attached hydrogens (tertiary/aromatic N) is 3. The van der Waals surface area contributed by atoms with Gasteiger partial charge in [0, 0.05) is 5.69 Å². The van der Waals surface area contributed by atoms with E-state index in [4.69, 9.17) is 9.84 Å². The number of hydrogen-bond donors (Lipinski definition) is 1. The Kier molecular flexibility index (Phi) is 6.67. The summed E-state index contributed by atoms with van der Waals surface area (Å²) in [5, 5.41) is 9.24. The van der Waals surface area contributed by atoms with E-state index in [1.165, 1.54) is 0 Å². The van der Waals surface area contributed by atoms with Crippen LogP contribution in [0.2, 0.25) is 0 Å². The molecular formula is C37H32N4O2. The van der Waals surface area contributed by atoms with Gasteiger partial charge in [-0.2, -0.15) is 0 Å². The van der Waals surface area contributed by atoms with E-state index in [-0.39, 0.29) is 12.1 Å². The van der Waals surface area contributed by atoms with Crippen LogP contribution in [0.3, 0.4) is 0 Å². The molecular weight excluding hydrogens is 532 g/mol. The Morgan fingerprint density at radius 2 is 1.28 bits per heavy atom. The zero-order valence-corrected chi connectivity index (χ0v) is 24.1. The minimum Gasteiger partial charge on any atom is -0.479 e. The van der Waals surface area contributed by atoms with Crippen molar-refractivity contribution in [3.05, 3.63) is 161 Å². The normalized spacial score (nSPS) is 13.8. The summed E-state index contributed by atoms with van der Waals surface area (Å²) in [6.07, 6.45) is 0. The fourth-order valence-electron chi connectivity index (χ4n) is 6.40. The van der Waals surface area contributed by atoms with Crippen molar-refractivity contribution in [1.29, 1.82) is 0 Å². The lowest BCUT2D eigenvalue weighted by molar-refractivity contribution is 0.186. The zero-order chi connectivity index (χ0) is 29.4. The van der Waals surface area contributed by atoms with Crippen LogP contribution in [0.5, 0.6) is 5.88 Å². The highest BCUT2D eigenvalue weighted by atomic mass is 16.5. The van der Waals surface area contributed by atoms with Gasteiger partial charge >= 0.3 is 6.03 Å². The predicted octanol–water partition coefficient (Wildman–Crippen LogP) is 7.99. The molecule has 1 aromatic heterocycles. The van der Waals surface area contributed by atoms with Crippen molar-refractivity contribution < 1.29 is 9.53 Å². The van der Waals surface area contributed by atoms with Crippen LogP contribution < -0.4 is 10.1 Å². The molecule has 0 bridgehead atoms. The SMILES string of the molecule is COc1nn(C(c2ccccc2)(c2ccccc2)c2ccccc2)c2cc3c(cc12)CN(C(C)c1ccccc1)C(=O)N3. The van der Waals surface area contributed by atoms with Gasteiger partial charge < -0.3 is 15.0 Å². The smallest absolute Gasteiger partial charge is 0.322 e. The van der Waals surface area contributed by atoms with E-state index in [1.807, 2.05) is 47.4 Å². The Hall–Kier alpha value is -5.36. The molecule has 7 rings (SSSR count). The van der Waals surface area contributed by atoms with E-state index in [0.717, 1.165) is 44.4 Å². The molecule has 0 aliphatic carbocycles. The number of aromatic nitrogens is 2. The van der Waals surface area contributed by atoms with E-state index in [9.17, 15) is 4.79 Å². The van der Waals surface area contributed by atoms with Crippen LogP contribution in [-0.2, 0) is 12.1 Å². The number of benzene rings is 5. The average molecular weight is 565 g/mol. The molecule has 43 heavy (non-hydrogen) atoms. The first-order chi connectivity index (χ1) is 21.1. The molecule has 1 aliphatic rings. The topological polar surface area (TPSA) is 59.4 Å². The Balaban J connectivity index is 1.47. The van der Waals surface area contributed by atoms with Crippen molar-refractivity contribution in [2.75, 3.05) is 12.4 Å². The first-order valence-corrected chi connectivity index (χ1v) is 14.5. The number of rotatable bonds is 7. The zero-order valence-electron chi connectivity index (χ0n) is 24.1. The molecule has 1 unspecified atom stereocenters. The van der Waals surface area contributed by atoms with Crippen LogP contribution in [0, 0.1) is 0 Å². The second-order valence-electron chi connectivity index (χ2n) is 10.9. The lowest BCUT2D eigenvalue weighted by atomic mass is 9.77. The minimum atomic E-state index is -0.820. The Bertz CT molecular complexity index is 1790. The van der Waals surface area contributed by atoms with Crippen molar-refractivity contribution in [1.82, 2.24) is 14.7 Å². The van der Waals surface area contributed by atoms with Crippen molar-refractivity contribution in [3.8, 4) is 5.88 Å². The van der Waals surface area contributed by atoms with Crippen LogP contribution in [0.4, 0.5) is 10.5 Å². The highest BCUT2D eigenvalue weighted by molar-refractivity contribution is 5.98. The summed E-state index contributed by atoms with van der Waals surface area (Å²) in [6, 6.07) is 45.3. The molecule has 1 N–H and O–H groups in total. The van der Waals surface area contributed by atoms with Gasteiger partial charge in [-0.25, -0.2) is 9.48 Å². The van der Waals surface area contributed by atoms with Gasteiger partial charge in [0.05, 0.1) is 30.6 Å². The van der Waals surface area contributed by atoms with Crippen molar-refractivity contribution in [3.63, 3.8) is 0 Å². The Morgan fingerprint density at radius 3 is 1.79 bits per heavy atom. The number of hydrogen-bond acceptors (Lipinski definition) is 3. The first-order valence-electron chi connectivity index (χ1n) is 14.5. The van der Waals surface area contributed by atoms with Crippen molar-refractivity contribution in [2.45, 2.75) is 25.0 Å². The van der Waals surface area contributed by atoms with Gasteiger partial charge in [-0.05, 0) is 46.9 Å². The third-order valence-corrected chi connectivity index (χ3v) is 8.55. The number of carbonyl (C=O) groups is 1. The van der Waals surface area contributed by atoms with Gasteiger partial charge in [-0.1, -0.05) is 121 Å². The van der Waals surface area contributed by atoms with Crippen LogP contribution in [0.15, 0.2) is 133 Å². The summed E-state index contributed by atoms with van der Waals surface area (Å²) in [7, 11) is 1.66. The number of carbonyl (C=O) groups excluding carboxylic acids is 1. The summed E-state index contributed by atoms with van der Waals surface area (Å²) < 4.78 is 8.00. The average Bonchev–Trinajstić information content (AvgIpc) is 3.43. The second kappa shape index (κ2) is 10.8. The molecule has 1 aliphatic heterocycles. The number of nitrogens with one attached hydrogen (secondary N) is 1. The summed E-state index contributed by atoms with van der Waals surface area (Å²) in [6.45, 7) is 2.54. The molecule has 6 heteroatoms. The summed E-state index contributed by atoms with van der Waals surface area (Å²) in [5.74, 6) is 0.532. The number of methoxy groups -OCH3 is 1. The molecule has 0 radical (unpaired) electrons. The van der Waals surface area contributed by atoms with E-state index < -0.39 is 5.54 Å². The Morgan fingerprint density at radius 1 is 0.767 bits per heavy atom. The maximum absolute atomic E-state index is 13.5. The summed E-state index contributed by atoms with van der Waals surface area (Å²) in [4.78, 5) is 15.3. The molecule has 6 nitrogen and oxygen atoms in total. The van der Waals surface area contributed by atoms with Gasteiger partial charge in [0.25, 0.3) is 0 Å². The highest BCUT2D eigenvalue weighted by Crippen LogP contribution is 2.45. The van der Waals surface area contributed by atoms with Gasteiger partial charge in [0.15, 0.2) is 0 Å². The number of ether oxygens (including phenoxy) is 1. The lowest BCUT2D eigenvalue weighted by Gasteiger charge is -2.37. The predicted molar refractivity (Wildman–Crippen MR) is 170 cm³/mol. The van der Waals surface area contributed by atoms with Crippen molar-refractivity contribution >= 4 is 22.6 Å². The van der Waals surface area contributed by atoms with Gasteiger partial charge in [-0.3, -0.25) is 0 Å². The number of anilines is 1.